The van der Waals surface area contributed by atoms with Crippen molar-refractivity contribution in [3.63, 3.8) is 0 Å². The number of rotatable bonds is 10. The molecule has 0 heterocycles. The van der Waals surface area contributed by atoms with Gasteiger partial charge in [0.15, 0.2) is 5.11 Å². The fourth-order valence-corrected chi connectivity index (χ4v) is 3.11. The fraction of sp³-hybridized carbons (Fsp3) is 0.318. The van der Waals surface area contributed by atoms with Crippen LogP contribution in [0.5, 0.6) is 11.5 Å². The average molecular weight is 498 g/mol. The minimum atomic E-state index is -0.433. The van der Waals surface area contributed by atoms with E-state index in [0.717, 1.165) is 12.8 Å². The van der Waals surface area contributed by atoms with Crippen LogP contribution in [0.25, 0.3) is 0 Å². The Morgan fingerprint density at radius 2 is 1.69 bits per heavy atom. The molecule has 0 aliphatic rings. The van der Waals surface area contributed by atoms with Gasteiger partial charge in [-0.3, -0.25) is 25.8 Å². The van der Waals surface area contributed by atoms with Crippen molar-refractivity contribution in [3.05, 3.63) is 58.1 Å². The molecule has 0 unspecified atom stereocenters. The summed E-state index contributed by atoms with van der Waals surface area (Å²) in [5.41, 5.74) is 5.31. The molecule has 0 bridgehead atoms. The van der Waals surface area contributed by atoms with E-state index in [1.165, 1.54) is 0 Å². The summed E-state index contributed by atoms with van der Waals surface area (Å²) in [6, 6.07) is 11.8. The van der Waals surface area contributed by atoms with Gasteiger partial charge in [-0.05, 0) is 55.4 Å². The van der Waals surface area contributed by atoms with Gasteiger partial charge in [0, 0.05) is 11.4 Å². The predicted octanol–water partition coefficient (Wildman–Crippen LogP) is 4.67. The number of amides is 2. The molecule has 10 heteroatoms. The highest BCUT2D eigenvalue weighted by Crippen LogP contribution is 2.27. The summed E-state index contributed by atoms with van der Waals surface area (Å²) in [5, 5.41) is 3.41. The first-order valence-electron chi connectivity index (χ1n) is 10.1. The quantitative estimate of drug-likeness (QED) is 0.251. The Labute approximate surface area is 202 Å². The summed E-state index contributed by atoms with van der Waals surface area (Å²) in [7, 11) is 0. The first kappa shape index (κ1) is 25.7. The van der Waals surface area contributed by atoms with Crippen LogP contribution in [0.3, 0.4) is 0 Å². The van der Waals surface area contributed by atoms with Crippen LogP contribution in [0, 0.1) is 0 Å². The third-order valence-corrected chi connectivity index (χ3v) is 4.86. The number of para-hydroxylation sites is 1. The lowest BCUT2D eigenvalue weighted by atomic mass is 10.2. The van der Waals surface area contributed by atoms with Gasteiger partial charge in [0.1, 0.15) is 11.5 Å². The normalized spacial score (nSPS) is 10.2. The lowest BCUT2D eigenvalue weighted by Gasteiger charge is -2.13. The molecule has 0 fully saturated rings. The van der Waals surface area contributed by atoms with E-state index in [4.69, 9.17) is 44.9 Å². The maximum absolute atomic E-state index is 12.5. The highest BCUT2D eigenvalue weighted by Gasteiger charge is 2.14. The second kappa shape index (κ2) is 13.8. The Hall–Kier alpha value is -2.55. The molecule has 0 atom stereocenters. The van der Waals surface area contributed by atoms with Gasteiger partial charge in [-0.15, -0.1) is 0 Å². The van der Waals surface area contributed by atoms with E-state index in [2.05, 4.69) is 23.1 Å². The zero-order valence-corrected chi connectivity index (χ0v) is 19.9. The molecule has 0 radical (unpaired) electrons. The number of benzene rings is 2. The molecule has 0 aliphatic heterocycles. The number of carbonyl (C=O) groups excluding carboxylic acids is 2. The summed E-state index contributed by atoms with van der Waals surface area (Å²) < 4.78 is 11.2. The van der Waals surface area contributed by atoms with Crippen molar-refractivity contribution in [2.45, 2.75) is 32.6 Å². The maximum atomic E-state index is 12.5. The van der Waals surface area contributed by atoms with Crippen molar-refractivity contribution in [1.29, 1.82) is 0 Å². The molecule has 7 nitrogen and oxygen atoms in total. The van der Waals surface area contributed by atoms with Gasteiger partial charge in [0.25, 0.3) is 5.91 Å². The van der Waals surface area contributed by atoms with Crippen LogP contribution in [-0.2, 0) is 4.79 Å². The number of thiocarbonyl (C=S) groups is 1. The van der Waals surface area contributed by atoms with Crippen LogP contribution in [0.4, 0.5) is 0 Å². The summed E-state index contributed by atoms with van der Waals surface area (Å²) in [4.78, 5) is 24.4. The van der Waals surface area contributed by atoms with Gasteiger partial charge >= 0.3 is 0 Å². The van der Waals surface area contributed by atoms with Crippen molar-refractivity contribution in [1.82, 2.24) is 16.2 Å². The number of hydrazine groups is 1. The van der Waals surface area contributed by atoms with Crippen molar-refractivity contribution in [2.24, 2.45) is 0 Å². The van der Waals surface area contributed by atoms with Crippen LogP contribution < -0.4 is 25.6 Å². The van der Waals surface area contributed by atoms with Crippen LogP contribution in [-0.4, -0.2) is 30.1 Å². The molecule has 2 aromatic carbocycles. The van der Waals surface area contributed by atoms with E-state index >= 15 is 0 Å². The molecule has 32 heavy (non-hydrogen) atoms. The Kier molecular flexibility index (Phi) is 11.1. The maximum Gasteiger partial charge on any atom is 0.261 e. The third kappa shape index (κ3) is 8.90. The average Bonchev–Trinajstić information content (AvgIpc) is 2.77. The predicted molar refractivity (Wildman–Crippen MR) is 129 cm³/mol. The number of nitrogens with one attached hydrogen (secondary N) is 3. The second-order valence-corrected chi connectivity index (χ2v) is 7.93. The number of halogens is 2. The third-order valence-electron chi connectivity index (χ3n) is 4.13. The molecule has 0 aromatic heterocycles. The highest BCUT2D eigenvalue weighted by molar-refractivity contribution is 7.80. The lowest BCUT2D eigenvalue weighted by Crippen LogP contribution is -2.48. The van der Waals surface area contributed by atoms with E-state index in [1.54, 1.807) is 42.5 Å². The first-order valence-corrected chi connectivity index (χ1v) is 11.3. The minimum absolute atomic E-state index is 0.0316. The smallest absolute Gasteiger partial charge is 0.261 e. The number of hydrogen-bond acceptors (Lipinski definition) is 5. The molecule has 3 N–H and O–H groups in total. The molecular weight excluding hydrogens is 473 g/mol. The minimum Gasteiger partial charge on any atom is -0.493 e. The lowest BCUT2D eigenvalue weighted by molar-refractivity contribution is -0.121. The van der Waals surface area contributed by atoms with E-state index in [-0.39, 0.29) is 17.4 Å². The van der Waals surface area contributed by atoms with Gasteiger partial charge in [-0.2, -0.15) is 0 Å². The van der Waals surface area contributed by atoms with E-state index in [0.29, 0.717) is 46.7 Å². The van der Waals surface area contributed by atoms with Crippen molar-refractivity contribution in [3.8, 4) is 11.5 Å². The molecule has 0 saturated carbocycles. The van der Waals surface area contributed by atoms with Gasteiger partial charge < -0.3 is 9.47 Å². The molecule has 172 valence electrons. The van der Waals surface area contributed by atoms with Crippen molar-refractivity contribution >= 4 is 52.3 Å². The zero-order chi connectivity index (χ0) is 23.3. The van der Waals surface area contributed by atoms with Crippen LogP contribution in [0.2, 0.25) is 10.0 Å². The van der Waals surface area contributed by atoms with Crippen LogP contribution in [0.1, 0.15) is 43.0 Å². The number of carbonyl (C=O) groups is 2. The Balaban J connectivity index is 1.70. The Morgan fingerprint density at radius 1 is 0.969 bits per heavy atom. The molecular formula is C22H25Cl2N3O4S. The van der Waals surface area contributed by atoms with Crippen LogP contribution in [0.15, 0.2) is 42.5 Å². The van der Waals surface area contributed by atoms with Crippen molar-refractivity contribution in [2.75, 3.05) is 13.2 Å². The summed E-state index contributed by atoms with van der Waals surface area (Å²) >= 11 is 16.9. The molecule has 0 saturated heterocycles. The van der Waals surface area contributed by atoms with E-state index in [9.17, 15) is 9.59 Å². The van der Waals surface area contributed by atoms with E-state index < -0.39 is 5.91 Å². The summed E-state index contributed by atoms with van der Waals surface area (Å²) in [5.74, 6) is 0.233. The largest absolute Gasteiger partial charge is 0.493 e. The van der Waals surface area contributed by atoms with Gasteiger partial charge in [-0.25, -0.2) is 0 Å². The molecule has 2 rings (SSSR count). The Bertz CT molecular complexity index is 943. The van der Waals surface area contributed by atoms with Crippen LogP contribution >= 0.6 is 35.4 Å². The number of unbranched alkanes of at least 4 members (excludes halogenated alkanes) is 1. The summed E-state index contributed by atoms with van der Waals surface area (Å²) in [6.45, 7) is 2.88. The Morgan fingerprint density at radius 3 is 2.44 bits per heavy atom. The van der Waals surface area contributed by atoms with Crippen molar-refractivity contribution < 1.29 is 19.1 Å². The molecule has 2 aromatic rings. The number of ether oxygens (including phenoxy) is 2. The topological polar surface area (TPSA) is 88.7 Å². The molecule has 2 amide bonds. The zero-order valence-electron chi connectivity index (χ0n) is 17.6. The van der Waals surface area contributed by atoms with Gasteiger partial charge in [-0.1, -0.05) is 48.7 Å². The first-order chi connectivity index (χ1) is 15.4. The fourth-order valence-electron chi connectivity index (χ4n) is 2.50. The number of hydrogen-bond donors (Lipinski definition) is 3. The molecule has 0 aliphatic carbocycles. The van der Waals surface area contributed by atoms with E-state index in [1.807, 2.05) is 0 Å². The molecule has 0 spiro atoms. The monoisotopic (exact) mass is 497 g/mol. The van der Waals surface area contributed by atoms with Gasteiger partial charge in [0.05, 0.1) is 23.8 Å². The summed E-state index contributed by atoms with van der Waals surface area (Å²) in [6.07, 6.45) is 2.51. The standard InChI is InChI=1S/C22H25Cl2N3O4S/c1-2-3-12-30-18-8-5-4-7-16(18)21(29)25-22(32)27-26-20(28)9-6-13-31-19-11-10-15(23)14-17(19)24/h4-5,7-8,10-11,14H,2-3,6,9,12-13H2,1H3,(H,26,28)(H2,25,27,29,32). The second-order valence-electron chi connectivity index (χ2n) is 6.68. The van der Waals surface area contributed by atoms with Gasteiger partial charge in [0.2, 0.25) is 5.91 Å². The SMILES string of the molecule is CCCCOc1ccccc1C(=O)NC(=S)NNC(=O)CCCOc1ccc(Cl)cc1Cl. The highest BCUT2D eigenvalue weighted by atomic mass is 35.5.